The van der Waals surface area contributed by atoms with E-state index in [2.05, 4.69) is 0 Å². The van der Waals surface area contributed by atoms with Crippen LogP contribution in [-0.4, -0.2) is 85.4 Å². The maximum absolute atomic E-state index is 11.0. The van der Waals surface area contributed by atoms with Gasteiger partial charge in [-0.3, -0.25) is 9.59 Å². The molecule has 10 nitrogen and oxygen atoms in total. The molecule has 7 N–H and O–H groups in total. The number of rotatable bonds is 9. The summed E-state index contributed by atoms with van der Waals surface area (Å²) in [6, 6.07) is -1.61. The lowest BCUT2D eigenvalue weighted by molar-refractivity contribution is -0.151. The van der Waals surface area contributed by atoms with Crippen molar-refractivity contribution in [2.75, 3.05) is 6.61 Å². The lowest BCUT2D eigenvalue weighted by Gasteiger charge is -2.32. The van der Waals surface area contributed by atoms with E-state index in [4.69, 9.17) is 10.2 Å². The van der Waals surface area contributed by atoms with Crippen molar-refractivity contribution in [2.45, 2.75) is 43.8 Å². The zero-order chi connectivity index (χ0) is 16.7. The van der Waals surface area contributed by atoms with Crippen LogP contribution in [0.1, 0.15) is 13.3 Å². The quantitative estimate of drug-likeness (QED) is 0.164. The molecule has 0 aliphatic rings. The SMILES string of the molecule is CC(=O)[15NH][C@@H]([C@@H](O)[C@H](O)[C@H](O)CO)[C@@H](O)CC(=O)C(=O)O. The predicted molar refractivity (Wildman–Crippen MR) is 66.0 cm³/mol. The minimum absolute atomic E-state index is 0.730. The average Bonchev–Trinajstić information content (AvgIpc) is 2.41. The maximum Gasteiger partial charge on any atom is 0.372 e. The number of carboxylic acid groups (broad SMARTS) is 1. The summed E-state index contributed by atoms with van der Waals surface area (Å²) < 4.78 is 0. The molecule has 0 saturated carbocycles. The van der Waals surface area contributed by atoms with Crippen LogP contribution in [0.5, 0.6) is 0 Å². The molecule has 0 saturated heterocycles. The summed E-state index contributed by atoms with van der Waals surface area (Å²) in [7, 11) is 0. The molecule has 122 valence electrons. The van der Waals surface area contributed by atoms with Gasteiger partial charge >= 0.3 is 5.97 Å². The number of ketones is 1. The van der Waals surface area contributed by atoms with E-state index in [0.29, 0.717) is 0 Å². The van der Waals surface area contributed by atoms with E-state index < -0.39 is 61.1 Å². The molecule has 0 radical (unpaired) electrons. The monoisotopic (exact) mass is 310 g/mol. The Morgan fingerprint density at radius 1 is 1.00 bits per heavy atom. The number of amides is 1. The highest BCUT2D eigenvalue weighted by Gasteiger charge is 2.37. The first-order valence-corrected chi connectivity index (χ1v) is 5.98. The number of carbonyl (C=O) groups is 3. The molecule has 0 unspecified atom stereocenters. The van der Waals surface area contributed by atoms with Gasteiger partial charge in [0, 0.05) is 13.3 Å². The smallest absolute Gasteiger partial charge is 0.372 e. The number of hydrogen-bond donors (Lipinski definition) is 7. The number of aliphatic carboxylic acids is 1. The lowest BCUT2D eigenvalue weighted by atomic mass is 9.95. The van der Waals surface area contributed by atoms with E-state index in [1.165, 1.54) is 0 Å². The van der Waals surface area contributed by atoms with Gasteiger partial charge in [-0.1, -0.05) is 0 Å². The molecule has 10 heteroatoms. The molecule has 21 heavy (non-hydrogen) atoms. The predicted octanol–water partition coefficient (Wildman–Crippen LogP) is -4.03. The number of carboxylic acids is 1. The molecule has 1 amide bonds. The van der Waals surface area contributed by atoms with Crippen LogP contribution in [-0.2, 0) is 14.4 Å². The lowest BCUT2D eigenvalue weighted by Crippen LogP contribution is -2.57. The fourth-order valence-electron chi connectivity index (χ4n) is 1.60. The number of carbonyl (C=O) groups excluding carboxylic acids is 2. The van der Waals surface area contributed by atoms with Gasteiger partial charge in [-0.25, -0.2) is 4.79 Å². The Morgan fingerprint density at radius 3 is 1.90 bits per heavy atom. The number of nitrogens with one attached hydrogen (secondary N) is 1. The van der Waals surface area contributed by atoms with Gasteiger partial charge < -0.3 is 36.0 Å². The third kappa shape index (κ3) is 6.14. The largest absolute Gasteiger partial charge is 0.475 e. The first-order valence-electron chi connectivity index (χ1n) is 5.98. The Labute approximate surface area is 119 Å². The minimum Gasteiger partial charge on any atom is -0.475 e. The highest BCUT2D eigenvalue weighted by atomic mass is 16.4. The third-order valence-corrected chi connectivity index (χ3v) is 2.72. The van der Waals surface area contributed by atoms with E-state index in [9.17, 15) is 34.8 Å². The Morgan fingerprint density at radius 2 is 1.52 bits per heavy atom. The second kappa shape index (κ2) is 8.64. The van der Waals surface area contributed by atoms with Crippen molar-refractivity contribution < 1.29 is 45.0 Å². The molecule has 0 aliphatic carbocycles. The third-order valence-electron chi connectivity index (χ3n) is 2.72. The zero-order valence-electron chi connectivity index (χ0n) is 11.2. The van der Waals surface area contributed by atoms with Crippen molar-refractivity contribution in [1.29, 1.82) is 0 Å². The molecule has 0 heterocycles. The molecule has 5 atom stereocenters. The molecule has 0 rings (SSSR count). The van der Waals surface area contributed by atoms with Gasteiger partial charge in [0.15, 0.2) is 0 Å². The number of aliphatic hydroxyl groups excluding tert-OH is 5. The standard InChI is InChI=1S/C11H19NO9/c1-4(14)12-8(5(15)2-6(16)11(20)21)10(19)9(18)7(17)3-13/h5,7-10,13,15,17-19H,2-3H2,1H3,(H,12,14)(H,20,21)/t5-,7+,8+,9+,10+/m0/s1/i12+1. The van der Waals surface area contributed by atoms with E-state index in [1.807, 2.05) is 5.32 Å². The van der Waals surface area contributed by atoms with Crippen molar-refractivity contribution in [3.63, 3.8) is 0 Å². The van der Waals surface area contributed by atoms with Crippen molar-refractivity contribution in [1.82, 2.24) is 5.32 Å². The van der Waals surface area contributed by atoms with Crippen molar-refractivity contribution in [2.24, 2.45) is 0 Å². The van der Waals surface area contributed by atoms with E-state index in [1.54, 1.807) is 0 Å². The fourth-order valence-corrected chi connectivity index (χ4v) is 1.60. The van der Waals surface area contributed by atoms with Crippen LogP contribution in [0.2, 0.25) is 0 Å². The van der Waals surface area contributed by atoms with Gasteiger partial charge in [-0.05, 0) is 0 Å². The summed E-state index contributed by atoms with van der Waals surface area (Å²) in [6.07, 6.45) is -8.35. The summed E-state index contributed by atoms with van der Waals surface area (Å²) in [6.45, 7) is 0.134. The van der Waals surface area contributed by atoms with E-state index >= 15 is 0 Å². The number of Topliss-reactive ketones (excluding diaryl/α,β-unsaturated/α-hetero) is 1. The summed E-state index contributed by atoms with van der Waals surface area (Å²) in [5.41, 5.74) is 0. The first-order chi connectivity index (χ1) is 9.61. The molecular weight excluding hydrogens is 291 g/mol. The van der Waals surface area contributed by atoms with Crippen LogP contribution in [0, 0.1) is 0 Å². The minimum atomic E-state index is -1.94. The molecule has 0 aromatic heterocycles. The normalized spacial score (nSPS) is 18.2. The molecule has 0 spiro atoms. The van der Waals surface area contributed by atoms with E-state index in [0.717, 1.165) is 6.92 Å². The summed E-state index contributed by atoms with van der Waals surface area (Å²) in [5, 5.41) is 57.4. The van der Waals surface area contributed by atoms with Crippen LogP contribution in [0.25, 0.3) is 0 Å². The van der Waals surface area contributed by atoms with Gasteiger partial charge in [-0.15, -0.1) is 0 Å². The van der Waals surface area contributed by atoms with Crippen molar-refractivity contribution >= 4 is 17.7 Å². The first kappa shape index (κ1) is 19.4. The van der Waals surface area contributed by atoms with Crippen LogP contribution in [0.15, 0.2) is 0 Å². The summed E-state index contributed by atoms with van der Waals surface area (Å²) in [4.78, 5) is 32.4. The highest BCUT2D eigenvalue weighted by molar-refractivity contribution is 6.32. The molecule has 0 aliphatic heterocycles. The van der Waals surface area contributed by atoms with Gasteiger partial charge in [-0.2, -0.15) is 0 Å². The van der Waals surface area contributed by atoms with Gasteiger partial charge in [0.1, 0.15) is 18.3 Å². The number of hydrogen-bond acceptors (Lipinski definition) is 8. The van der Waals surface area contributed by atoms with Gasteiger partial charge in [0.25, 0.3) is 0 Å². The highest BCUT2D eigenvalue weighted by Crippen LogP contribution is 2.11. The Bertz CT molecular complexity index is 386. The van der Waals surface area contributed by atoms with E-state index in [-0.39, 0.29) is 0 Å². The average molecular weight is 310 g/mol. The van der Waals surface area contributed by atoms with Crippen LogP contribution in [0.3, 0.4) is 0 Å². The molecule has 0 aromatic rings. The fraction of sp³-hybridized carbons (Fsp3) is 0.727. The van der Waals surface area contributed by atoms with Crippen molar-refractivity contribution in [3.8, 4) is 0 Å². The molecule has 0 fully saturated rings. The maximum atomic E-state index is 11.0. The van der Waals surface area contributed by atoms with Crippen LogP contribution >= 0.6 is 0 Å². The second-order valence-electron chi connectivity index (χ2n) is 4.46. The summed E-state index contributed by atoms with van der Waals surface area (Å²) in [5.74, 6) is -3.89. The molecule has 0 aromatic carbocycles. The van der Waals surface area contributed by atoms with Crippen LogP contribution < -0.4 is 5.32 Å². The van der Waals surface area contributed by atoms with Gasteiger partial charge in [0.2, 0.25) is 11.7 Å². The van der Waals surface area contributed by atoms with Crippen molar-refractivity contribution in [3.05, 3.63) is 0 Å². The van der Waals surface area contributed by atoms with Gasteiger partial charge in [0.05, 0.1) is 18.8 Å². The summed E-state index contributed by atoms with van der Waals surface area (Å²) >= 11 is 0. The Kier molecular flexibility index (Phi) is 7.99. The zero-order valence-corrected chi connectivity index (χ0v) is 11.2. The van der Waals surface area contributed by atoms with Crippen LogP contribution in [0.4, 0.5) is 0 Å². The number of aliphatic hydroxyl groups is 5. The Balaban J connectivity index is 5.04. The topological polar surface area (TPSA) is 185 Å². The second-order valence-corrected chi connectivity index (χ2v) is 4.46. The molecule has 0 bridgehead atoms. The molecular formula is C11H19NO9. The Hall–Kier alpha value is -1.59.